The molecule has 0 aliphatic carbocycles. The predicted octanol–water partition coefficient (Wildman–Crippen LogP) is 2.91. The van der Waals surface area contributed by atoms with Gasteiger partial charge in [-0.3, -0.25) is 5.32 Å². The van der Waals surface area contributed by atoms with Crippen LogP contribution in [0.1, 0.15) is 11.3 Å². The fourth-order valence-electron chi connectivity index (χ4n) is 1.34. The molecule has 2 N–H and O–H groups in total. The topological polar surface area (TPSA) is 54.0 Å². The Morgan fingerprint density at radius 2 is 2.11 bits per heavy atom. The van der Waals surface area contributed by atoms with E-state index >= 15 is 0 Å². The first-order valence-electron chi connectivity index (χ1n) is 5.35. The van der Waals surface area contributed by atoms with Gasteiger partial charge in [-0.25, -0.2) is 14.2 Å². The molecule has 1 aromatic carbocycles. The van der Waals surface area contributed by atoms with E-state index in [0.29, 0.717) is 11.7 Å². The van der Waals surface area contributed by atoms with Crippen molar-refractivity contribution in [1.82, 2.24) is 10.3 Å². The Labute approximate surface area is 108 Å². The van der Waals surface area contributed by atoms with Gasteiger partial charge in [0.05, 0.1) is 5.69 Å². The Morgan fingerprint density at radius 1 is 1.39 bits per heavy atom. The molecule has 0 bridgehead atoms. The summed E-state index contributed by atoms with van der Waals surface area (Å²) in [6, 6.07) is 5.65. The fourth-order valence-corrected chi connectivity index (χ4v) is 2.02. The Bertz CT molecular complexity index is 539. The maximum absolute atomic E-state index is 12.7. The minimum absolute atomic E-state index is 0.290. The molecule has 4 nitrogen and oxygen atoms in total. The number of amides is 2. The van der Waals surface area contributed by atoms with Crippen molar-refractivity contribution in [1.29, 1.82) is 0 Å². The van der Waals surface area contributed by atoms with Crippen LogP contribution in [0, 0.1) is 12.7 Å². The third-order valence-corrected chi connectivity index (χ3v) is 3.08. The van der Waals surface area contributed by atoms with Crippen molar-refractivity contribution in [3.63, 3.8) is 0 Å². The zero-order chi connectivity index (χ0) is 13.0. The minimum atomic E-state index is -0.325. The number of thiazole rings is 1. The van der Waals surface area contributed by atoms with Crippen LogP contribution in [0.15, 0.2) is 29.6 Å². The molecule has 1 heterocycles. The third-order valence-electron chi connectivity index (χ3n) is 2.21. The van der Waals surface area contributed by atoms with Gasteiger partial charge in [-0.05, 0) is 24.6 Å². The molecule has 0 saturated heterocycles. The normalized spacial score (nSPS) is 10.1. The number of nitrogens with zero attached hydrogens (tertiary/aromatic N) is 1. The van der Waals surface area contributed by atoms with E-state index in [0.717, 1.165) is 11.3 Å². The highest BCUT2D eigenvalue weighted by molar-refractivity contribution is 7.13. The van der Waals surface area contributed by atoms with Gasteiger partial charge >= 0.3 is 6.03 Å². The van der Waals surface area contributed by atoms with E-state index in [-0.39, 0.29) is 11.8 Å². The lowest BCUT2D eigenvalue weighted by molar-refractivity contribution is 0.251. The van der Waals surface area contributed by atoms with E-state index in [2.05, 4.69) is 15.6 Å². The standard InChI is InChI=1S/C12H12FN3OS/c1-8-7-18-12(15-8)16-11(17)14-6-9-2-4-10(13)5-3-9/h2-5,7H,6H2,1H3,(H2,14,15,16,17). The average Bonchev–Trinajstić information content (AvgIpc) is 2.74. The Balaban J connectivity index is 1.83. The van der Waals surface area contributed by atoms with Crippen LogP contribution in [0.4, 0.5) is 14.3 Å². The van der Waals surface area contributed by atoms with Gasteiger partial charge in [0.2, 0.25) is 0 Å². The lowest BCUT2D eigenvalue weighted by Gasteiger charge is -2.05. The van der Waals surface area contributed by atoms with Crippen molar-refractivity contribution in [2.45, 2.75) is 13.5 Å². The van der Waals surface area contributed by atoms with Crippen molar-refractivity contribution >= 4 is 22.5 Å². The van der Waals surface area contributed by atoms with E-state index in [1.54, 1.807) is 12.1 Å². The average molecular weight is 265 g/mol. The number of hydrogen-bond acceptors (Lipinski definition) is 3. The van der Waals surface area contributed by atoms with Crippen LogP contribution in [-0.4, -0.2) is 11.0 Å². The molecular weight excluding hydrogens is 253 g/mol. The van der Waals surface area contributed by atoms with Crippen LogP contribution in [0.25, 0.3) is 0 Å². The minimum Gasteiger partial charge on any atom is -0.334 e. The number of halogens is 1. The van der Waals surface area contributed by atoms with Crippen molar-refractivity contribution in [2.75, 3.05) is 5.32 Å². The number of anilines is 1. The van der Waals surface area contributed by atoms with Crippen LogP contribution >= 0.6 is 11.3 Å². The number of aromatic nitrogens is 1. The lowest BCUT2D eigenvalue weighted by Crippen LogP contribution is -2.28. The number of rotatable bonds is 3. The first kappa shape index (κ1) is 12.5. The van der Waals surface area contributed by atoms with Gasteiger partial charge < -0.3 is 5.32 Å². The summed E-state index contributed by atoms with van der Waals surface area (Å²) in [5.74, 6) is -0.290. The number of benzene rings is 1. The highest BCUT2D eigenvalue weighted by Gasteiger charge is 2.04. The molecule has 0 aliphatic heterocycles. The number of urea groups is 1. The molecule has 0 saturated carbocycles. The van der Waals surface area contributed by atoms with E-state index in [1.807, 2.05) is 12.3 Å². The first-order valence-corrected chi connectivity index (χ1v) is 6.23. The van der Waals surface area contributed by atoms with Gasteiger partial charge in [-0.2, -0.15) is 0 Å². The highest BCUT2D eigenvalue weighted by atomic mass is 32.1. The number of nitrogens with one attached hydrogen (secondary N) is 2. The molecule has 1 aromatic heterocycles. The molecule has 0 radical (unpaired) electrons. The van der Waals surface area contributed by atoms with Crippen molar-refractivity contribution < 1.29 is 9.18 Å². The lowest BCUT2D eigenvalue weighted by atomic mass is 10.2. The summed E-state index contributed by atoms with van der Waals surface area (Å²) < 4.78 is 12.7. The van der Waals surface area contributed by atoms with E-state index in [9.17, 15) is 9.18 Å². The zero-order valence-electron chi connectivity index (χ0n) is 9.74. The molecular formula is C12H12FN3OS. The largest absolute Gasteiger partial charge is 0.334 e. The molecule has 18 heavy (non-hydrogen) atoms. The number of hydrogen-bond donors (Lipinski definition) is 2. The first-order chi connectivity index (χ1) is 8.63. The molecule has 0 fully saturated rings. The maximum Gasteiger partial charge on any atom is 0.321 e. The van der Waals surface area contributed by atoms with Gasteiger partial charge in [-0.15, -0.1) is 11.3 Å². The molecule has 6 heteroatoms. The molecule has 0 atom stereocenters. The summed E-state index contributed by atoms with van der Waals surface area (Å²) >= 11 is 1.37. The second-order valence-corrected chi connectivity index (χ2v) is 4.59. The van der Waals surface area contributed by atoms with Crippen LogP contribution in [-0.2, 0) is 6.54 Å². The SMILES string of the molecule is Cc1csc(NC(=O)NCc2ccc(F)cc2)n1. The predicted molar refractivity (Wildman–Crippen MR) is 69.1 cm³/mol. The molecule has 2 amide bonds. The van der Waals surface area contributed by atoms with Crippen LogP contribution in [0.3, 0.4) is 0 Å². The van der Waals surface area contributed by atoms with Gasteiger partial charge in [0.15, 0.2) is 5.13 Å². The molecule has 0 spiro atoms. The fraction of sp³-hybridized carbons (Fsp3) is 0.167. The van der Waals surface area contributed by atoms with Gasteiger partial charge in [0, 0.05) is 11.9 Å². The monoisotopic (exact) mass is 265 g/mol. The Morgan fingerprint density at radius 3 is 2.72 bits per heavy atom. The summed E-state index contributed by atoms with van der Waals surface area (Å²) in [5, 5.41) is 7.71. The van der Waals surface area contributed by atoms with Crippen LogP contribution in [0.2, 0.25) is 0 Å². The molecule has 0 unspecified atom stereocenters. The number of carbonyl (C=O) groups is 1. The zero-order valence-corrected chi connectivity index (χ0v) is 10.6. The second kappa shape index (κ2) is 5.59. The Kier molecular flexibility index (Phi) is 3.88. The Hall–Kier alpha value is -1.95. The van der Waals surface area contributed by atoms with Crippen molar-refractivity contribution in [3.8, 4) is 0 Å². The molecule has 2 rings (SSSR count). The van der Waals surface area contributed by atoms with Crippen molar-refractivity contribution in [3.05, 3.63) is 46.7 Å². The van der Waals surface area contributed by atoms with Gasteiger partial charge in [0.25, 0.3) is 0 Å². The summed E-state index contributed by atoms with van der Waals surface area (Å²) in [7, 11) is 0. The maximum atomic E-state index is 12.7. The molecule has 2 aromatic rings. The summed E-state index contributed by atoms with van der Waals surface area (Å²) in [4.78, 5) is 15.6. The van der Waals surface area contributed by atoms with Crippen molar-refractivity contribution in [2.24, 2.45) is 0 Å². The summed E-state index contributed by atoms with van der Waals surface area (Å²) in [6.45, 7) is 2.20. The molecule has 94 valence electrons. The molecule has 0 aliphatic rings. The number of aryl methyl sites for hydroxylation is 1. The summed E-state index contributed by atoms with van der Waals surface area (Å²) in [6.07, 6.45) is 0. The van der Waals surface area contributed by atoms with E-state index < -0.39 is 0 Å². The van der Waals surface area contributed by atoms with E-state index in [4.69, 9.17) is 0 Å². The smallest absolute Gasteiger partial charge is 0.321 e. The van der Waals surface area contributed by atoms with Gasteiger partial charge in [-0.1, -0.05) is 12.1 Å². The van der Waals surface area contributed by atoms with Crippen LogP contribution < -0.4 is 10.6 Å². The second-order valence-electron chi connectivity index (χ2n) is 3.73. The van der Waals surface area contributed by atoms with Gasteiger partial charge in [0.1, 0.15) is 5.82 Å². The van der Waals surface area contributed by atoms with E-state index in [1.165, 1.54) is 23.5 Å². The number of carbonyl (C=O) groups excluding carboxylic acids is 1. The third kappa shape index (κ3) is 3.53. The quantitative estimate of drug-likeness (QED) is 0.896. The highest BCUT2D eigenvalue weighted by Crippen LogP contribution is 2.13. The summed E-state index contributed by atoms with van der Waals surface area (Å²) in [5.41, 5.74) is 1.70. The van der Waals surface area contributed by atoms with Crippen LogP contribution in [0.5, 0.6) is 0 Å².